The van der Waals surface area contributed by atoms with Crippen LogP contribution in [0.4, 0.5) is 4.79 Å². The number of carboxylic acid groups (broad SMARTS) is 1. The molecule has 0 aromatic rings. The summed E-state index contributed by atoms with van der Waals surface area (Å²) in [7, 11) is 0. The molecule has 5 heteroatoms. The molecule has 0 spiro atoms. The van der Waals surface area contributed by atoms with Crippen molar-refractivity contribution in [1.29, 1.82) is 0 Å². The maximum atomic E-state index is 11.8. The van der Waals surface area contributed by atoms with Crippen molar-refractivity contribution in [1.82, 2.24) is 10.6 Å². The molecule has 0 bridgehead atoms. The number of rotatable bonds is 6. The van der Waals surface area contributed by atoms with E-state index in [0.717, 1.165) is 32.1 Å². The van der Waals surface area contributed by atoms with Crippen molar-refractivity contribution in [2.75, 3.05) is 6.54 Å². The van der Waals surface area contributed by atoms with Crippen LogP contribution in [0.1, 0.15) is 51.9 Å². The van der Waals surface area contributed by atoms with Gasteiger partial charge in [0, 0.05) is 19.0 Å². The Bertz CT molecular complexity index is 381. The van der Waals surface area contributed by atoms with Gasteiger partial charge in [-0.15, -0.1) is 12.3 Å². The summed E-state index contributed by atoms with van der Waals surface area (Å²) in [5.74, 6) is 1.70. The number of amides is 2. The lowest BCUT2D eigenvalue weighted by Gasteiger charge is -2.36. The summed E-state index contributed by atoms with van der Waals surface area (Å²) in [6.07, 6.45) is 10.7. The van der Waals surface area contributed by atoms with Crippen molar-refractivity contribution in [3.8, 4) is 12.3 Å². The molecule has 3 N–H and O–H groups in total. The number of carbonyl (C=O) groups excluding carboxylic acids is 1. The third-order valence-corrected chi connectivity index (χ3v) is 3.87. The topological polar surface area (TPSA) is 78.4 Å². The SMILES string of the molecule is C#CCC(C)NC(=O)NCC1(CC(=O)O)CCCCC1. The first-order valence-corrected chi connectivity index (χ1v) is 7.17. The maximum absolute atomic E-state index is 11.8. The third-order valence-electron chi connectivity index (χ3n) is 3.87. The number of hydrogen-bond donors (Lipinski definition) is 3. The van der Waals surface area contributed by atoms with Crippen LogP contribution in [-0.2, 0) is 4.79 Å². The van der Waals surface area contributed by atoms with Crippen LogP contribution in [0.2, 0.25) is 0 Å². The van der Waals surface area contributed by atoms with E-state index in [1.807, 2.05) is 6.92 Å². The molecule has 20 heavy (non-hydrogen) atoms. The van der Waals surface area contributed by atoms with Gasteiger partial charge >= 0.3 is 12.0 Å². The molecule has 1 unspecified atom stereocenters. The molecular formula is C15H24N2O3. The largest absolute Gasteiger partial charge is 0.481 e. The Labute approximate surface area is 120 Å². The molecule has 1 aliphatic rings. The van der Waals surface area contributed by atoms with E-state index in [0.29, 0.717) is 13.0 Å². The molecule has 0 saturated heterocycles. The lowest BCUT2D eigenvalue weighted by atomic mass is 9.72. The number of carbonyl (C=O) groups is 2. The summed E-state index contributed by atoms with van der Waals surface area (Å²) in [5.41, 5.74) is -0.295. The van der Waals surface area contributed by atoms with Gasteiger partial charge in [-0.3, -0.25) is 4.79 Å². The summed E-state index contributed by atoms with van der Waals surface area (Å²) in [6.45, 7) is 2.25. The standard InChI is InChI=1S/C15H24N2O3/c1-3-7-12(2)17-14(20)16-11-15(10-13(18)19)8-5-4-6-9-15/h1,12H,4-11H2,2H3,(H,18,19)(H2,16,17,20). The number of carboxylic acids is 1. The first kappa shape index (κ1) is 16.4. The molecule has 1 rings (SSSR count). The first-order chi connectivity index (χ1) is 9.47. The average molecular weight is 280 g/mol. The second kappa shape index (κ2) is 7.78. The Morgan fingerprint density at radius 2 is 2.00 bits per heavy atom. The predicted octanol–water partition coefficient (Wildman–Crippen LogP) is 2.12. The Morgan fingerprint density at radius 1 is 1.35 bits per heavy atom. The summed E-state index contributed by atoms with van der Waals surface area (Å²) in [6, 6.07) is -0.357. The van der Waals surface area contributed by atoms with Crippen LogP contribution in [0.25, 0.3) is 0 Å². The molecular weight excluding hydrogens is 256 g/mol. The smallest absolute Gasteiger partial charge is 0.315 e. The van der Waals surface area contributed by atoms with Gasteiger partial charge in [0.05, 0.1) is 6.42 Å². The zero-order valence-electron chi connectivity index (χ0n) is 12.1. The minimum absolute atomic E-state index is 0.0817. The Hall–Kier alpha value is -1.70. The van der Waals surface area contributed by atoms with E-state index >= 15 is 0 Å². The van der Waals surface area contributed by atoms with E-state index in [2.05, 4.69) is 16.6 Å². The van der Waals surface area contributed by atoms with Crippen molar-refractivity contribution in [2.45, 2.75) is 57.9 Å². The van der Waals surface area contributed by atoms with Crippen LogP contribution in [0.3, 0.4) is 0 Å². The van der Waals surface area contributed by atoms with Crippen LogP contribution < -0.4 is 10.6 Å². The van der Waals surface area contributed by atoms with E-state index in [1.165, 1.54) is 0 Å². The van der Waals surface area contributed by atoms with Gasteiger partial charge in [-0.25, -0.2) is 4.79 Å². The van der Waals surface area contributed by atoms with Gasteiger partial charge in [0.1, 0.15) is 0 Å². The van der Waals surface area contributed by atoms with Gasteiger partial charge < -0.3 is 15.7 Å². The van der Waals surface area contributed by atoms with E-state index in [9.17, 15) is 9.59 Å². The Kier molecular flexibility index (Phi) is 6.37. The lowest BCUT2D eigenvalue weighted by Crippen LogP contribution is -2.46. The fraction of sp³-hybridized carbons (Fsp3) is 0.733. The molecule has 0 heterocycles. The molecule has 112 valence electrons. The normalized spacial score (nSPS) is 18.6. The average Bonchev–Trinajstić information content (AvgIpc) is 2.37. The molecule has 1 aliphatic carbocycles. The van der Waals surface area contributed by atoms with Gasteiger partial charge in [0.25, 0.3) is 0 Å². The van der Waals surface area contributed by atoms with Crippen molar-refractivity contribution < 1.29 is 14.7 Å². The number of nitrogens with one attached hydrogen (secondary N) is 2. The van der Waals surface area contributed by atoms with Crippen molar-refractivity contribution in [3.05, 3.63) is 0 Å². The first-order valence-electron chi connectivity index (χ1n) is 7.17. The van der Waals surface area contributed by atoms with Gasteiger partial charge in [-0.1, -0.05) is 19.3 Å². The molecule has 1 fully saturated rings. The zero-order valence-corrected chi connectivity index (χ0v) is 12.1. The number of urea groups is 1. The lowest BCUT2D eigenvalue weighted by molar-refractivity contribution is -0.140. The fourth-order valence-corrected chi connectivity index (χ4v) is 2.81. The molecule has 0 aromatic carbocycles. The molecule has 2 amide bonds. The summed E-state index contributed by atoms with van der Waals surface area (Å²) >= 11 is 0. The highest BCUT2D eigenvalue weighted by molar-refractivity contribution is 5.74. The number of hydrogen-bond acceptors (Lipinski definition) is 2. The quantitative estimate of drug-likeness (QED) is 0.652. The fourth-order valence-electron chi connectivity index (χ4n) is 2.81. The second-order valence-corrected chi connectivity index (χ2v) is 5.77. The molecule has 1 saturated carbocycles. The zero-order chi connectivity index (χ0) is 15.0. The van der Waals surface area contributed by atoms with Crippen LogP contribution in [0.5, 0.6) is 0 Å². The maximum Gasteiger partial charge on any atom is 0.315 e. The minimum atomic E-state index is -0.796. The van der Waals surface area contributed by atoms with Crippen LogP contribution in [-0.4, -0.2) is 29.7 Å². The summed E-state index contributed by atoms with van der Waals surface area (Å²) in [5, 5.41) is 14.6. The van der Waals surface area contributed by atoms with Crippen molar-refractivity contribution in [3.63, 3.8) is 0 Å². The van der Waals surface area contributed by atoms with Crippen LogP contribution >= 0.6 is 0 Å². The van der Waals surface area contributed by atoms with Crippen molar-refractivity contribution in [2.24, 2.45) is 5.41 Å². The van der Waals surface area contributed by atoms with E-state index < -0.39 is 5.97 Å². The highest BCUT2D eigenvalue weighted by Gasteiger charge is 2.34. The van der Waals surface area contributed by atoms with E-state index in [1.54, 1.807) is 0 Å². The van der Waals surface area contributed by atoms with E-state index in [4.69, 9.17) is 11.5 Å². The molecule has 5 nitrogen and oxygen atoms in total. The predicted molar refractivity (Wildman–Crippen MR) is 77.2 cm³/mol. The van der Waals surface area contributed by atoms with Crippen molar-refractivity contribution >= 4 is 12.0 Å². The van der Waals surface area contributed by atoms with E-state index in [-0.39, 0.29) is 23.9 Å². The molecule has 0 aliphatic heterocycles. The van der Waals surface area contributed by atoms with Gasteiger partial charge in [-0.2, -0.15) is 0 Å². The van der Waals surface area contributed by atoms with Gasteiger partial charge in [-0.05, 0) is 25.2 Å². The third kappa shape index (κ3) is 5.52. The Balaban J connectivity index is 2.48. The molecule has 0 aromatic heterocycles. The highest BCUT2D eigenvalue weighted by atomic mass is 16.4. The van der Waals surface area contributed by atoms with Crippen LogP contribution in [0.15, 0.2) is 0 Å². The monoisotopic (exact) mass is 280 g/mol. The number of aliphatic carboxylic acids is 1. The summed E-state index contributed by atoms with van der Waals surface area (Å²) in [4.78, 5) is 22.8. The highest BCUT2D eigenvalue weighted by Crippen LogP contribution is 2.38. The second-order valence-electron chi connectivity index (χ2n) is 5.77. The molecule has 1 atom stereocenters. The summed E-state index contributed by atoms with van der Waals surface area (Å²) < 4.78 is 0. The van der Waals surface area contributed by atoms with Gasteiger partial charge in [0.15, 0.2) is 0 Å². The molecule has 0 radical (unpaired) electrons. The van der Waals surface area contributed by atoms with Crippen LogP contribution in [0, 0.1) is 17.8 Å². The van der Waals surface area contributed by atoms with Gasteiger partial charge in [0.2, 0.25) is 0 Å². The number of terminal acetylenes is 1. The Morgan fingerprint density at radius 3 is 2.55 bits per heavy atom. The minimum Gasteiger partial charge on any atom is -0.481 e.